The number of amides is 1. The summed E-state index contributed by atoms with van der Waals surface area (Å²) in [4.78, 5) is 16.4. The lowest BCUT2D eigenvalue weighted by atomic mass is 9.92. The number of hydrogen-bond donors (Lipinski definition) is 1. The van der Waals surface area contributed by atoms with E-state index in [2.05, 4.69) is 15.4 Å². The van der Waals surface area contributed by atoms with Gasteiger partial charge in [0.15, 0.2) is 9.84 Å². The summed E-state index contributed by atoms with van der Waals surface area (Å²) in [7, 11) is -3.04. The van der Waals surface area contributed by atoms with Gasteiger partial charge in [-0.1, -0.05) is 20.8 Å². The Morgan fingerprint density at radius 2 is 2.00 bits per heavy atom. The standard InChI is InChI=1S/C18H24N4O3S/c1-18(2,3)15-11-16(20-17(23)10-13-4-7-19-8-5-13)22(21-15)14-6-9-26(24,25)12-14/h4-5,7-8,11,14H,6,9-10,12H2,1-3H3,(H,20,23). The molecule has 2 aromatic rings. The molecule has 0 aliphatic carbocycles. The minimum atomic E-state index is -3.04. The fourth-order valence-corrected chi connectivity index (χ4v) is 4.67. The second-order valence-electron chi connectivity index (χ2n) is 7.75. The van der Waals surface area contributed by atoms with Gasteiger partial charge in [0.05, 0.1) is 29.7 Å². The predicted octanol–water partition coefficient (Wildman–Crippen LogP) is 2.12. The molecule has 2 aromatic heterocycles. The smallest absolute Gasteiger partial charge is 0.229 e. The van der Waals surface area contributed by atoms with Crippen molar-refractivity contribution in [3.63, 3.8) is 0 Å². The number of rotatable bonds is 4. The van der Waals surface area contributed by atoms with Gasteiger partial charge in [0.2, 0.25) is 5.91 Å². The Kier molecular flexibility index (Phi) is 4.88. The summed E-state index contributed by atoms with van der Waals surface area (Å²) in [6.07, 6.45) is 4.03. The number of carbonyl (C=O) groups is 1. The van der Waals surface area contributed by atoms with Crippen molar-refractivity contribution in [1.29, 1.82) is 0 Å². The highest BCUT2D eigenvalue weighted by atomic mass is 32.2. The van der Waals surface area contributed by atoms with Crippen molar-refractivity contribution in [2.45, 2.75) is 45.1 Å². The van der Waals surface area contributed by atoms with Gasteiger partial charge in [-0.05, 0) is 24.1 Å². The highest BCUT2D eigenvalue weighted by molar-refractivity contribution is 7.91. The van der Waals surface area contributed by atoms with Gasteiger partial charge in [-0.3, -0.25) is 9.78 Å². The zero-order chi connectivity index (χ0) is 18.9. The SMILES string of the molecule is CC(C)(C)c1cc(NC(=O)Cc2ccncc2)n(C2CCS(=O)(=O)C2)n1. The van der Waals surface area contributed by atoms with Crippen molar-refractivity contribution < 1.29 is 13.2 Å². The van der Waals surface area contributed by atoms with Crippen LogP contribution < -0.4 is 5.32 Å². The lowest BCUT2D eigenvalue weighted by Gasteiger charge is -2.15. The van der Waals surface area contributed by atoms with E-state index in [0.717, 1.165) is 11.3 Å². The molecule has 1 saturated heterocycles. The van der Waals surface area contributed by atoms with E-state index in [4.69, 9.17) is 0 Å². The molecule has 0 radical (unpaired) electrons. The van der Waals surface area contributed by atoms with Crippen LogP contribution in [-0.4, -0.2) is 40.6 Å². The van der Waals surface area contributed by atoms with E-state index in [1.165, 1.54) is 0 Å². The van der Waals surface area contributed by atoms with Crippen molar-refractivity contribution in [2.24, 2.45) is 0 Å². The van der Waals surface area contributed by atoms with E-state index in [1.54, 1.807) is 29.2 Å². The summed E-state index contributed by atoms with van der Waals surface area (Å²) in [6.45, 7) is 6.11. The van der Waals surface area contributed by atoms with Crippen LogP contribution in [-0.2, 0) is 26.5 Å². The number of hydrogen-bond acceptors (Lipinski definition) is 5. The van der Waals surface area contributed by atoms with Gasteiger partial charge < -0.3 is 5.32 Å². The third-order valence-electron chi connectivity index (χ3n) is 4.44. The van der Waals surface area contributed by atoms with Crippen LogP contribution in [0.25, 0.3) is 0 Å². The molecular formula is C18H24N4O3S. The van der Waals surface area contributed by atoms with Crippen LogP contribution in [0.1, 0.15) is 44.5 Å². The minimum Gasteiger partial charge on any atom is -0.311 e. The van der Waals surface area contributed by atoms with Crippen LogP contribution in [0.4, 0.5) is 5.82 Å². The molecule has 1 fully saturated rings. The zero-order valence-electron chi connectivity index (χ0n) is 15.3. The quantitative estimate of drug-likeness (QED) is 0.882. The first-order valence-electron chi connectivity index (χ1n) is 8.63. The van der Waals surface area contributed by atoms with Crippen molar-refractivity contribution in [3.05, 3.63) is 41.9 Å². The van der Waals surface area contributed by atoms with Crippen molar-refractivity contribution >= 4 is 21.6 Å². The van der Waals surface area contributed by atoms with Crippen LogP contribution in [0, 0.1) is 0 Å². The van der Waals surface area contributed by atoms with Crippen molar-refractivity contribution in [3.8, 4) is 0 Å². The maximum Gasteiger partial charge on any atom is 0.229 e. The minimum absolute atomic E-state index is 0.0610. The summed E-state index contributed by atoms with van der Waals surface area (Å²) in [5.74, 6) is 0.605. The number of carbonyl (C=O) groups excluding carboxylic acids is 1. The molecule has 1 amide bonds. The van der Waals surface area contributed by atoms with Crippen molar-refractivity contribution in [1.82, 2.24) is 14.8 Å². The predicted molar refractivity (Wildman–Crippen MR) is 99.8 cm³/mol. The van der Waals surface area contributed by atoms with E-state index in [-0.39, 0.29) is 35.3 Å². The van der Waals surface area contributed by atoms with E-state index >= 15 is 0 Å². The Morgan fingerprint density at radius 3 is 2.58 bits per heavy atom. The molecule has 8 heteroatoms. The van der Waals surface area contributed by atoms with Gasteiger partial charge in [-0.15, -0.1) is 0 Å². The monoisotopic (exact) mass is 376 g/mol. The molecule has 0 bridgehead atoms. The molecule has 1 unspecified atom stereocenters. The number of anilines is 1. The van der Waals surface area contributed by atoms with Crippen LogP contribution >= 0.6 is 0 Å². The number of nitrogens with one attached hydrogen (secondary N) is 1. The first-order chi connectivity index (χ1) is 12.1. The molecule has 3 heterocycles. The maximum absolute atomic E-state index is 12.4. The number of aromatic nitrogens is 3. The Hall–Kier alpha value is -2.22. The van der Waals surface area contributed by atoms with Crippen LogP contribution in [0.3, 0.4) is 0 Å². The molecule has 7 nitrogen and oxygen atoms in total. The van der Waals surface area contributed by atoms with Crippen molar-refractivity contribution in [2.75, 3.05) is 16.8 Å². The van der Waals surface area contributed by atoms with Gasteiger partial charge in [0.25, 0.3) is 0 Å². The Balaban J connectivity index is 1.85. The van der Waals surface area contributed by atoms with Gasteiger partial charge >= 0.3 is 0 Å². The number of nitrogens with zero attached hydrogens (tertiary/aromatic N) is 3. The Morgan fingerprint density at radius 1 is 1.31 bits per heavy atom. The van der Waals surface area contributed by atoms with E-state index in [0.29, 0.717) is 12.2 Å². The van der Waals surface area contributed by atoms with E-state index in [1.807, 2.05) is 26.8 Å². The van der Waals surface area contributed by atoms with E-state index < -0.39 is 9.84 Å². The summed E-state index contributed by atoms with van der Waals surface area (Å²) in [6, 6.07) is 5.18. The highest BCUT2D eigenvalue weighted by Gasteiger charge is 2.32. The Bertz CT molecular complexity index is 898. The second-order valence-corrected chi connectivity index (χ2v) is 9.98. The average Bonchev–Trinajstić information content (AvgIpc) is 3.11. The largest absolute Gasteiger partial charge is 0.311 e. The lowest BCUT2D eigenvalue weighted by Crippen LogP contribution is -2.21. The van der Waals surface area contributed by atoms with Gasteiger partial charge in [-0.2, -0.15) is 5.10 Å². The first-order valence-corrected chi connectivity index (χ1v) is 10.5. The van der Waals surface area contributed by atoms with Crippen LogP contribution in [0.5, 0.6) is 0 Å². The first kappa shape index (κ1) is 18.6. The summed E-state index contributed by atoms with van der Waals surface area (Å²) >= 11 is 0. The molecule has 0 spiro atoms. The maximum atomic E-state index is 12.4. The zero-order valence-corrected chi connectivity index (χ0v) is 16.1. The van der Waals surface area contributed by atoms with Gasteiger partial charge in [0, 0.05) is 23.9 Å². The Labute approximate surface area is 153 Å². The van der Waals surface area contributed by atoms with Gasteiger partial charge in [-0.25, -0.2) is 13.1 Å². The summed E-state index contributed by atoms with van der Waals surface area (Å²) < 4.78 is 25.4. The lowest BCUT2D eigenvalue weighted by molar-refractivity contribution is -0.115. The third kappa shape index (κ3) is 4.30. The molecule has 3 rings (SSSR count). The van der Waals surface area contributed by atoms with Crippen LogP contribution in [0.2, 0.25) is 0 Å². The topological polar surface area (TPSA) is 94.0 Å². The van der Waals surface area contributed by atoms with Gasteiger partial charge in [0.1, 0.15) is 5.82 Å². The summed E-state index contributed by atoms with van der Waals surface area (Å²) in [5, 5.41) is 7.52. The fourth-order valence-electron chi connectivity index (χ4n) is 2.97. The average molecular weight is 376 g/mol. The molecule has 1 aliphatic heterocycles. The highest BCUT2D eigenvalue weighted by Crippen LogP contribution is 2.30. The molecule has 1 aliphatic rings. The second kappa shape index (κ2) is 6.83. The number of sulfone groups is 1. The molecule has 26 heavy (non-hydrogen) atoms. The molecule has 140 valence electrons. The molecule has 1 N–H and O–H groups in total. The van der Waals surface area contributed by atoms with Crippen LogP contribution in [0.15, 0.2) is 30.6 Å². The molecule has 0 saturated carbocycles. The van der Waals surface area contributed by atoms with E-state index in [9.17, 15) is 13.2 Å². The number of pyridine rings is 1. The molecular weight excluding hydrogens is 352 g/mol. The summed E-state index contributed by atoms with van der Waals surface area (Å²) in [5.41, 5.74) is 1.48. The molecule has 0 aromatic carbocycles. The third-order valence-corrected chi connectivity index (χ3v) is 6.19. The fraction of sp³-hybridized carbons (Fsp3) is 0.500. The molecule has 1 atom stereocenters. The normalized spacial score (nSPS) is 19.4.